The molecule has 1 aliphatic heterocycles. The van der Waals surface area contributed by atoms with Crippen molar-refractivity contribution in [3.8, 4) is 11.5 Å². The zero-order valence-corrected chi connectivity index (χ0v) is 16.1. The Kier molecular flexibility index (Phi) is 6.76. The number of carbonyl (C=O) groups excluding carboxylic acids is 1. The Morgan fingerprint density at radius 3 is 2.59 bits per heavy atom. The predicted molar refractivity (Wildman–Crippen MR) is 103 cm³/mol. The molecule has 1 N–H and O–H groups in total. The smallest absolute Gasteiger partial charge is 0.287 e. The van der Waals surface area contributed by atoms with Crippen LogP contribution < -0.4 is 14.8 Å². The van der Waals surface area contributed by atoms with Gasteiger partial charge in [0.25, 0.3) is 5.91 Å². The predicted octanol–water partition coefficient (Wildman–Crippen LogP) is 3.26. The summed E-state index contributed by atoms with van der Waals surface area (Å²) >= 11 is 0. The third-order valence-electron chi connectivity index (χ3n) is 4.86. The van der Waals surface area contributed by atoms with E-state index in [1.54, 1.807) is 20.3 Å². The monoisotopic (exact) mass is 372 g/mol. The number of ether oxygens (including phenoxy) is 2. The highest BCUT2D eigenvalue weighted by molar-refractivity contribution is 5.91. The van der Waals surface area contributed by atoms with Crippen LogP contribution in [0.15, 0.2) is 34.7 Å². The Labute approximate surface area is 160 Å². The average Bonchev–Trinajstić information content (AvgIpc) is 3.17. The summed E-state index contributed by atoms with van der Waals surface area (Å²) in [5.74, 6) is 2.42. The van der Waals surface area contributed by atoms with Crippen molar-refractivity contribution in [2.45, 2.75) is 32.2 Å². The van der Waals surface area contributed by atoms with Gasteiger partial charge in [-0.25, -0.2) is 0 Å². The zero-order chi connectivity index (χ0) is 19.1. The molecule has 1 aromatic heterocycles. The molecule has 0 radical (unpaired) electrons. The summed E-state index contributed by atoms with van der Waals surface area (Å²) in [7, 11) is 3.22. The fourth-order valence-electron chi connectivity index (χ4n) is 3.37. The van der Waals surface area contributed by atoms with Gasteiger partial charge in [0.2, 0.25) is 0 Å². The molecule has 6 heteroatoms. The number of hydrogen-bond donors (Lipinski definition) is 1. The summed E-state index contributed by atoms with van der Waals surface area (Å²) in [5, 5.41) is 2.91. The van der Waals surface area contributed by atoms with Gasteiger partial charge in [-0.1, -0.05) is 12.5 Å². The summed E-state index contributed by atoms with van der Waals surface area (Å²) in [4.78, 5) is 14.7. The number of piperidine rings is 1. The van der Waals surface area contributed by atoms with Gasteiger partial charge in [-0.15, -0.1) is 0 Å². The second-order valence-corrected chi connectivity index (χ2v) is 6.80. The zero-order valence-electron chi connectivity index (χ0n) is 16.1. The number of carbonyl (C=O) groups is 1. The normalized spacial score (nSPS) is 14.7. The third-order valence-corrected chi connectivity index (χ3v) is 4.86. The molecule has 1 amide bonds. The third kappa shape index (κ3) is 5.26. The minimum absolute atomic E-state index is 0.180. The Bertz CT molecular complexity index is 750. The van der Waals surface area contributed by atoms with Crippen LogP contribution in [0.5, 0.6) is 11.5 Å². The van der Waals surface area contributed by atoms with Gasteiger partial charge in [-0.2, -0.15) is 0 Å². The van der Waals surface area contributed by atoms with Crippen LogP contribution in [-0.4, -0.2) is 44.7 Å². The molecule has 0 aliphatic carbocycles. The van der Waals surface area contributed by atoms with E-state index in [0.717, 1.165) is 31.0 Å². The first-order chi connectivity index (χ1) is 13.2. The van der Waals surface area contributed by atoms with Gasteiger partial charge < -0.3 is 19.2 Å². The second kappa shape index (κ2) is 9.46. The fourth-order valence-corrected chi connectivity index (χ4v) is 3.37. The highest BCUT2D eigenvalue weighted by Gasteiger charge is 2.15. The van der Waals surface area contributed by atoms with Gasteiger partial charge in [0, 0.05) is 6.54 Å². The first-order valence-electron chi connectivity index (χ1n) is 9.50. The summed E-state index contributed by atoms with van der Waals surface area (Å²) in [5.41, 5.74) is 1.07. The minimum atomic E-state index is -0.180. The van der Waals surface area contributed by atoms with Crippen LogP contribution in [0.2, 0.25) is 0 Å². The number of hydrogen-bond acceptors (Lipinski definition) is 5. The van der Waals surface area contributed by atoms with Crippen LogP contribution >= 0.6 is 0 Å². The van der Waals surface area contributed by atoms with Crippen molar-refractivity contribution in [2.24, 2.45) is 0 Å². The standard InChI is InChI=1S/C21H28N2O4/c1-25-18-8-6-16(14-20(18)26-2)10-11-22-21(24)19-9-7-17(27-19)15-23-12-4-3-5-13-23/h6-9,14H,3-5,10-13,15H2,1-2H3,(H,22,24). The number of benzene rings is 1. The molecule has 146 valence electrons. The molecule has 0 saturated carbocycles. The van der Waals surface area contributed by atoms with E-state index in [1.807, 2.05) is 24.3 Å². The van der Waals surface area contributed by atoms with Gasteiger partial charge in [0.05, 0.1) is 20.8 Å². The number of amides is 1. The van der Waals surface area contributed by atoms with E-state index in [2.05, 4.69) is 10.2 Å². The van der Waals surface area contributed by atoms with Crippen LogP contribution in [0.1, 0.15) is 41.1 Å². The highest BCUT2D eigenvalue weighted by atomic mass is 16.5. The Balaban J connectivity index is 1.48. The van der Waals surface area contributed by atoms with E-state index >= 15 is 0 Å². The lowest BCUT2D eigenvalue weighted by atomic mass is 10.1. The number of furan rings is 1. The molecule has 0 spiro atoms. The molecule has 3 rings (SSSR count). The minimum Gasteiger partial charge on any atom is -0.493 e. The van der Waals surface area contributed by atoms with E-state index in [9.17, 15) is 4.79 Å². The molecule has 27 heavy (non-hydrogen) atoms. The van der Waals surface area contributed by atoms with Crippen LogP contribution in [0.25, 0.3) is 0 Å². The van der Waals surface area contributed by atoms with Crippen LogP contribution in [0, 0.1) is 0 Å². The summed E-state index contributed by atoms with van der Waals surface area (Å²) in [6.07, 6.45) is 4.49. The van der Waals surface area contributed by atoms with Crippen molar-refractivity contribution in [1.29, 1.82) is 0 Å². The van der Waals surface area contributed by atoms with Gasteiger partial charge in [0.15, 0.2) is 17.3 Å². The lowest BCUT2D eigenvalue weighted by Crippen LogP contribution is -2.29. The molecule has 2 heterocycles. The van der Waals surface area contributed by atoms with E-state index < -0.39 is 0 Å². The fraction of sp³-hybridized carbons (Fsp3) is 0.476. The summed E-state index contributed by atoms with van der Waals surface area (Å²) < 4.78 is 16.3. The summed E-state index contributed by atoms with van der Waals surface area (Å²) in [6, 6.07) is 9.42. The van der Waals surface area contributed by atoms with E-state index in [0.29, 0.717) is 30.2 Å². The Morgan fingerprint density at radius 2 is 1.85 bits per heavy atom. The lowest BCUT2D eigenvalue weighted by Gasteiger charge is -2.25. The van der Waals surface area contributed by atoms with Crippen molar-refractivity contribution in [2.75, 3.05) is 33.9 Å². The molecule has 2 aromatic rings. The number of likely N-dealkylation sites (tertiary alicyclic amines) is 1. The van der Waals surface area contributed by atoms with Crippen LogP contribution in [-0.2, 0) is 13.0 Å². The maximum atomic E-state index is 12.3. The first-order valence-corrected chi connectivity index (χ1v) is 9.50. The molecule has 6 nitrogen and oxygen atoms in total. The number of methoxy groups -OCH3 is 2. The van der Waals surface area contributed by atoms with Crippen LogP contribution in [0.4, 0.5) is 0 Å². The van der Waals surface area contributed by atoms with Crippen LogP contribution in [0.3, 0.4) is 0 Å². The van der Waals surface area contributed by atoms with Gasteiger partial charge in [-0.05, 0) is 62.2 Å². The van der Waals surface area contributed by atoms with E-state index in [4.69, 9.17) is 13.9 Å². The molecular formula is C21H28N2O4. The summed E-state index contributed by atoms with van der Waals surface area (Å²) in [6.45, 7) is 3.51. The molecule has 0 unspecified atom stereocenters. The maximum Gasteiger partial charge on any atom is 0.287 e. The van der Waals surface area contributed by atoms with Gasteiger partial charge >= 0.3 is 0 Å². The molecule has 1 aromatic carbocycles. The topological polar surface area (TPSA) is 63.9 Å². The molecular weight excluding hydrogens is 344 g/mol. The van der Waals surface area contributed by atoms with Crippen molar-refractivity contribution in [3.05, 3.63) is 47.4 Å². The molecule has 1 fully saturated rings. The molecule has 1 saturated heterocycles. The highest BCUT2D eigenvalue weighted by Crippen LogP contribution is 2.27. The SMILES string of the molecule is COc1ccc(CCNC(=O)c2ccc(CN3CCCCC3)o2)cc1OC. The number of nitrogens with one attached hydrogen (secondary N) is 1. The largest absolute Gasteiger partial charge is 0.493 e. The molecule has 1 aliphatic rings. The molecule has 0 bridgehead atoms. The second-order valence-electron chi connectivity index (χ2n) is 6.80. The average molecular weight is 372 g/mol. The Morgan fingerprint density at radius 1 is 1.07 bits per heavy atom. The quantitative estimate of drug-likeness (QED) is 0.771. The van der Waals surface area contributed by atoms with E-state index in [-0.39, 0.29) is 5.91 Å². The van der Waals surface area contributed by atoms with Gasteiger partial charge in [-0.3, -0.25) is 9.69 Å². The maximum absolute atomic E-state index is 12.3. The number of rotatable bonds is 8. The van der Waals surface area contributed by atoms with E-state index in [1.165, 1.54) is 19.3 Å². The Hall–Kier alpha value is -2.47. The lowest BCUT2D eigenvalue weighted by molar-refractivity contribution is 0.0922. The number of nitrogens with zero attached hydrogens (tertiary/aromatic N) is 1. The van der Waals surface area contributed by atoms with Gasteiger partial charge in [0.1, 0.15) is 5.76 Å². The van der Waals surface area contributed by atoms with Crippen molar-refractivity contribution in [1.82, 2.24) is 10.2 Å². The van der Waals surface area contributed by atoms with Crippen molar-refractivity contribution >= 4 is 5.91 Å². The first kappa shape index (κ1) is 19.3. The van der Waals surface area contributed by atoms with Crippen molar-refractivity contribution < 1.29 is 18.7 Å². The molecule has 0 atom stereocenters. The van der Waals surface area contributed by atoms with Crippen molar-refractivity contribution in [3.63, 3.8) is 0 Å².